The number of aromatic nitrogens is 2. The van der Waals surface area contributed by atoms with E-state index in [0.29, 0.717) is 5.89 Å². The fourth-order valence-corrected chi connectivity index (χ4v) is 9.10. The first-order valence-electron chi connectivity index (χ1n) is 20.1. The van der Waals surface area contributed by atoms with Gasteiger partial charge in [-0.15, -0.1) is 0 Å². The summed E-state index contributed by atoms with van der Waals surface area (Å²) in [6.45, 7) is 2.28. The summed E-state index contributed by atoms with van der Waals surface area (Å²) in [5.74, 6) is 0.882. The lowest BCUT2D eigenvalue weighted by Gasteiger charge is -2.31. The zero-order valence-corrected chi connectivity index (χ0v) is 32.1. The monoisotopic (exact) mass is 745 g/mol. The van der Waals surface area contributed by atoms with Crippen molar-refractivity contribution in [2.24, 2.45) is 10.9 Å². The van der Waals surface area contributed by atoms with Gasteiger partial charge < -0.3 is 8.98 Å². The molecule has 0 aliphatic carbocycles. The molecule has 1 aliphatic rings. The molecule has 4 heteroatoms. The minimum atomic E-state index is 0.0458. The Kier molecular flexibility index (Phi) is 8.21. The van der Waals surface area contributed by atoms with Gasteiger partial charge >= 0.3 is 0 Å². The van der Waals surface area contributed by atoms with E-state index < -0.39 is 0 Å². The number of fused-ring (bicyclic) bond motifs is 5. The minimum Gasteiger partial charge on any atom is -0.436 e. The van der Waals surface area contributed by atoms with Crippen LogP contribution in [0.4, 0.5) is 0 Å². The summed E-state index contributed by atoms with van der Waals surface area (Å²) in [6.07, 6.45) is 3.31. The Labute approximate surface area is 337 Å². The van der Waals surface area contributed by atoms with Crippen molar-refractivity contribution in [2.45, 2.75) is 19.4 Å². The molecule has 0 N–H and O–H groups in total. The highest BCUT2D eigenvalue weighted by Crippen LogP contribution is 2.44. The number of hydrogen-bond acceptors (Lipinski definition) is 3. The van der Waals surface area contributed by atoms with E-state index in [-0.39, 0.29) is 12.0 Å². The summed E-state index contributed by atoms with van der Waals surface area (Å²) in [5.41, 5.74) is 14.4. The van der Waals surface area contributed by atoms with E-state index in [0.717, 1.165) is 51.1 Å². The summed E-state index contributed by atoms with van der Waals surface area (Å²) < 4.78 is 8.64. The largest absolute Gasteiger partial charge is 0.436 e. The van der Waals surface area contributed by atoms with Crippen LogP contribution in [0.2, 0.25) is 0 Å². The van der Waals surface area contributed by atoms with Gasteiger partial charge in [0.05, 0.1) is 28.5 Å². The molecule has 0 spiro atoms. The van der Waals surface area contributed by atoms with Crippen molar-refractivity contribution in [3.63, 3.8) is 0 Å². The van der Waals surface area contributed by atoms with Crippen LogP contribution in [0, 0.1) is 5.92 Å². The van der Waals surface area contributed by atoms with Gasteiger partial charge in [0.2, 0.25) is 5.89 Å². The van der Waals surface area contributed by atoms with E-state index in [1.54, 1.807) is 0 Å². The number of para-hydroxylation sites is 3. The Balaban J connectivity index is 1.02. The van der Waals surface area contributed by atoms with Crippen LogP contribution < -0.4 is 0 Å². The van der Waals surface area contributed by atoms with Crippen LogP contribution in [0.25, 0.3) is 77.5 Å². The second kappa shape index (κ2) is 14.0. The second-order valence-electron chi connectivity index (χ2n) is 15.2. The Morgan fingerprint density at radius 2 is 1.19 bits per heavy atom. The molecule has 58 heavy (non-hydrogen) atoms. The molecule has 2 atom stereocenters. The summed E-state index contributed by atoms with van der Waals surface area (Å²) in [5, 5.41) is 4.80. The Morgan fingerprint density at radius 3 is 1.98 bits per heavy atom. The number of aliphatic imine (C=N–C) groups is 1. The fourth-order valence-electron chi connectivity index (χ4n) is 9.10. The third-order valence-electron chi connectivity index (χ3n) is 11.9. The molecule has 0 bridgehead atoms. The van der Waals surface area contributed by atoms with Crippen LogP contribution >= 0.6 is 0 Å². The summed E-state index contributed by atoms with van der Waals surface area (Å²) in [6, 6.07) is 67.1. The average Bonchev–Trinajstić information content (AvgIpc) is 3.88. The maximum Gasteiger partial charge on any atom is 0.227 e. The van der Waals surface area contributed by atoms with Gasteiger partial charge in [-0.05, 0) is 87.7 Å². The lowest BCUT2D eigenvalue weighted by Crippen LogP contribution is -2.20. The minimum absolute atomic E-state index is 0.0458. The van der Waals surface area contributed by atoms with Crippen LogP contribution in [0.1, 0.15) is 36.1 Å². The molecule has 0 fully saturated rings. The highest BCUT2D eigenvalue weighted by atomic mass is 16.3. The smallest absolute Gasteiger partial charge is 0.227 e. The van der Waals surface area contributed by atoms with E-state index in [1.165, 1.54) is 49.4 Å². The SMILES string of the molecule is CCC1C(c2ccc(-c3ccc(-n4c5ccccc5c5ccc(-c6nc7ccccc7o6)cc54)c4ccccc34)cc2)=CC(c2ccccc2)=NC1c1ccccc1. The number of rotatable bonds is 7. The second-order valence-corrected chi connectivity index (χ2v) is 15.2. The van der Waals surface area contributed by atoms with Crippen molar-refractivity contribution in [2.75, 3.05) is 0 Å². The van der Waals surface area contributed by atoms with Gasteiger partial charge in [0.1, 0.15) is 5.52 Å². The Morgan fingerprint density at radius 1 is 0.534 bits per heavy atom. The van der Waals surface area contributed by atoms with Gasteiger partial charge in [0, 0.05) is 27.6 Å². The number of hydrogen-bond donors (Lipinski definition) is 0. The van der Waals surface area contributed by atoms with Crippen molar-refractivity contribution in [1.29, 1.82) is 0 Å². The molecule has 3 heterocycles. The maximum atomic E-state index is 6.24. The van der Waals surface area contributed by atoms with E-state index in [4.69, 9.17) is 14.4 Å². The van der Waals surface area contributed by atoms with Crippen LogP contribution in [0.3, 0.4) is 0 Å². The third kappa shape index (κ3) is 5.68. The lowest BCUT2D eigenvalue weighted by molar-refractivity contribution is 0.519. The van der Waals surface area contributed by atoms with E-state index >= 15 is 0 Å². The van der Waals surface area contributed by atoms with Crippen LogP contribution in [-0.2, 0) is 0 Å². The summed E-state index contributed by atoms with van der Waals surface area (Å²) in [7, 11) is 0. The molecule has 4 nitrogen and oxygen atoms in total. The van der Waals surface area contributed by atoms with Crippen molar-refractivity contribution in [1.82, 2.24) is 9.55 Å². The number of nitrogens with zero attached hydrogens (tertiary/aromatic N) is 3. The standard InChI is InChI=1S/C54H39N3O/c1-2-40-46(34-48(37-15-5-3-6-16-37)55-53(40)38-17-7-4-8-18-38)36-27-25-35(26-28-36)41-31-32-50(43-20-10-9-19-42(41)43)57-49-23-13-11-21-44(49)45-30-29-39(33-51(45)57)54-56-47-22-12-14-24-52(47)58-54/h3-34,40,53H,2H2,1H3. The molecule has 1 aliphatic heterocycles. The van der Waals surface area contributed by atoms with Crippen molar-refractivity contribution < 1.29 is 4.42 Å². The number of oxazole rings is 1. The predicted molar refractivity (Wildman–Crippen MR) is 241 cm³/mol. The summed E-state index contributed by atoms with van der Waals surface area (Å²) >= 11 is 0. The van der Waals surface area contributed by atoms with Crippen molar-refractivity contribution in [3.05, 3.63) is 211 Å². The van der Waals surface area contributed by atoms with Crippen LogP contribution in [0.15, 0.2) is 204 Å². The molecular weight excluding hydrogens is 707 g/mol. The van der Waals surface area contributed by atoms with Crippen molar-refractivity contribution >= 4 is 55.0 Å². The number of allylic oxidation sites excluding steroid dienone is 1. The van der Waals surface area contributed by atoms with Gasteiger partial charge in [0.25, 0.3) is 0 Å². The molecule has 10 aromatic rings. The fraction of sp³-hybridized carbons (Fsp3) is 0.0741. The third-order valence-corrected chi connectivity index (χ3v) is 11.9. The zero-order valence-electron chi connectivity index (χ0n) is 32.1. The van der Waals surface area contributed by atoms with Gasteiger partial charge in [0.15, 0.2) is 5.58 Å². The molecule has 8 aromatic carbocycles. The van der Waals surface area contributed by atoms with Crippen LogP contribution in [-0.4, -0.2) is 15.3 Å². The Hall–Kier alpha value is -7.30. The topological polar surface area (TPSA) is 43.3 Å². The normalized spacial score (nSPS) is 15.6. The maximum absolute atomic E-state index is 6.24. The zero-order chi connectivity index (χ0) is 38.6. The molecule has 0 saturated heterocycles. The number of benzene rings is 8. The molecule has 0 amide bonds. The van der Waals surface area contributed by atoms with E-state index in [9.17, 15) is 0 Å². The molecule has 2 aromatic heterocycles. The summed E-state index contributed by atoms with van der Waals surface area (Å²) in [4.78, 5) is 10.2. The first-order chi connectivity index (χ1) is 28.7. The molecule has 0 radical (unpaired) electrons. The van der Waals surface area contributed by atoms with Gasteiger partial charge in [-0.1, -0.05) is 159 Å². The van der Waals surface area contributed by atoms with Crippen LogP contribution in [0.5, 0.6) is 0 Å². The predicted octanol–water partition coefficient (Wildman–Crippen LogP) is 14.1. The van der Waals surface area contributed by atoms with Crippen molar-refractivity contribution in [3.8, 4) is 28.3 Å². The Bertz CT molecular complexity index is 3170. The van der Waals surface area contributed by atoms with E-state index in [2.05, 4.69) is 181 Å². The molecule has 276 valence electrons. The molecular formula is C54H39N3O. The number of dihydropyridines is 1. The van der Waals surface area contributed by atoms with Gasteiger partial charge in [-0.3, -0.25) is 4.99 Å². The molecule has 2 unspecified atom stereocenters. The highest BCUT2D eigenvalue weighted by Gasteiger charge is 2.30. The first-order valence-corrected chi connectivity index (χ1v) is 20.1. The lowest BCUT2D eigenvalue weighted by atomic mass is 9.78. The van der Waals surface area contributed by atoms with Gasteiger partial charge in [-0.2, -0.15) is 0 Å². The average molecular weight is 746 g/mol. The molecule has 11 rings (SSSR count). The first kappa shape index (κ1) is 34.0. The highest BCUT2D eigenvalue weighted by molar-refractivity contribution is 6.14. The van der Waals surface area contributed by atoms with Gasteiger partial charge in [-0.25, -0.2) is 4.98 Å². The van der Waals surface area contributed by atoms with E-state index in [1.807, 2.05) is 24.3 Å². The molecule has 0 saturated carbocycles. The quantitative estimate of drug-likeness (QED) is 0.163.